The molecule has 2 heteroatoms. The first-order valence-electron chi connectivity index (χ1n) is 3.46. The molecule has 1 aliphatic carbocycles. The molecule has 0 aromatic heterocycles. The average Bonchev–Trinajstić information content (AvgIpc) is 2.46. The molecule has 0 atom stereocenters. The molecule has 0 aromatic carbocycles. The van der Waals surface area contributed by atoms with E-state index in [1.165, 1.54) is 5.57 Å². The van der Waals surface area contributed by atoms with Crippen molar-refractivity contribution in [1.29, 1.82) is 0 Å². The van der Waals surface area contributed by atoms with Crippen LogP contribution in [0.15, 0.2) is 36.5 Å². The van der Waals surface area contributed by atoms with Crippen LogP contribution in [0.3, 0.4) is 0 Å². The molecule has 2 N–H and O–H groups in total. The maximum atomic E-state index is 4.64. The van der Waals surface area contributed by atoms with Crippen LogP contribution in [0.5, 0.6) is 0 Å². The molecule has 0 unspecified atom stereocenters. The Kier molecular flexibility index (Phi) is 6.12. The normalized spacial score (nSPS) is 13.9. The van der Waals surface area contributed by atoms with Crippen LogP contribution in [0.2, 0.25) is 0 Å². The molecule has 0 fully saturated rings. The number of allylic oxidation sites excluding steroid dienone is 5. The molecule has 0 aromatic rings. The van der Waals surface area contributed by atoms with Gasteiger partial charge in [0.25, 0.3) is 0 Å². The van der Waals surface area contributed by atoms with Gasteiger partial charge in [-0.05, 0) is 12.8 Å². The van der Waals surface area contributed by atoms with Crippen molar-refractivity contribution in [3.63, 3.8) is 0 Å². The van der Waals surface area contributed by atoms with Gasteiger partial charge in [0, 0.05) is 0 Å². The van der Waals surface area contributed by atoms with Gasteiger partial charge in [0.1, 0.15) is 0 Å². The van der Waals surface area contributed by atoms with Crippen LogP contribution >= 0.6 is 0 Å². The Hall–Kier alpha value is -0.603. The van der Waals surface area contributed by atoms with Gasteiger partial charge in [-0.1, -0.05) is 29.9 Å². The molecule has 0 spiro atoms. The molecule has 1 aliphatic rings. The van der Waals surface area contributed by atoms with E-state index in [1.807, 2.05) is 6.08 Å². The van der Waals surface area contributed by atoms with E-state index in [9.17, 15) is 0 Å². The van der Waals surface area contributed by atoms with Crippen molar-refractivity contribution in [3.05, 3.63) is 36.5 Å². The van der Waals surface area contributed by atoms with Crippen LogP contribution in [0.1, 0.15) is 12.8 Å². The fourth-order valence-corrected chi connectivity index (χ4v) is 0.828. The third-order valence-corrected chi connectivity index (χ3v) is 1.25. The number of hydrogen-bond acceptors (Lipinski definition) is 1. The number of hydrogen-bond donors (Lipinski definition) is 1. The van der Waals surface area contributed by atoms with Crippen molar-refractivity contribution in [2.24, 2.45) is 5.40 Å². The van der Waals surface area contributed by atoms with Gasteiger partial charge in [0.15, 0.2) is 0 Å². The molecule has 0 amide bonds. The molecule has 10 heavy (non-hydrogen) atoms. The Morgan fingerprint density at radius 2 is 2.40 bits per heavy atom. The van der Waals surface area contributed by atoms with Gasteiger partial charge < -0.3 is 5.40 Å². The van der Waals surface area contributed by atoms with Gasteiger partial charge in [0.05, 0.1) is 10.4 Å². The summed E-state index contributed by atoms with van der Waals surface area (Å²) in [6.45, 7) is 3.66. The lowest BCUT2D eigenvalue weighted by molar-refractivity contribution is 1.14. The highest BCUT2D eigenvalue weighted by molar-refractivity contribution is 6.02. The summed E-state index contributed by atoms with van der Waals surface area (Å²) in [6.07, 6.45) is 10.5. The summed E-state index contributed by atoms with van der Waals surface area (Å²) in [5.74, 6) is 0. The standard InChI is InChI=1S/C8H10.H5NSi/c1-2-5-8-6-3-4-7-8;1-2/h2-4,6H,1,5,7H2;1H2,2H3. The average molecular weight is 153 g/mol. The molecule has 0 aliphatic heterocycles. The Bertz CT molecular complexity index is 147. The minimum Gasteiger partial charge on any atom is -0.358 e. The molecular formula is C8H15NSi. The maximum absolute atomic E-state index is 4.64. The monoisotopic (exact) mass is 153 g/mol. The van der Waals surface area contributed by atoms with Crippen molar-refractivity contribution in [2.45, 2.75) is 12.8 Å². The van der Waals surface area contributed by atoms with Crippen LogP contribution in [-0.4, -0.2) is 10.4 Å². The van der Waals surface area contributed by atoms with Gasteiger partial charge >= 0.3 is 0 Å². The zero-order valence-corrected chi connectivity index (χ0v) is 8.51. The van der Waals surface area contributed by atoms with E-state index >= 15 is 0 Å². The Balaban J connectivity index is 0.000000371. The lowest BCUT2D eigenvalue weighted by Gasteiger charge is -1.90. The Morgan fingerprint density at radius 3 is 2.80 bits per heavy atom. The molecule has 1 rings (SSSR count). The van der Waals surface area contributed by atoms with Crippen LogP contribution in [0, 0.1) is 0 Å². The highest BCUT2D eigenvalue weighted by Gasteiger charge is 1.93. The van der Waals surface area contributed by atoms with Crippen molar-refractivity contribution in [1.82, 2.24) is 0 Å². The van der Waals surface area contributed by atoms with Gasteiger partial charge in [-0.3, -0.25) is 0 Å². The van der Waals surface area contributed by atoms with Crippen molar-refractivity contribution in [2.75, 3.05) is 0 Å². The van der Waals surface area contributed by atoms with E-state index in [-0.39, 0.29) is 0 Å². The summed E-state index contributed by atoms with van der Waals surface area (Å²) in [5, 5.41) is 4.64. The zero-order chi connectivity index (χ0) is 7.82. The second kappa shape index (κ2) is 6.52. The third kappa shape index (κ3) is 3.43. The van der Waals surface area contributed by atoms with E-state index in [4.69, 9.17) is 0 Å². The molecule has 0 radical (unpaired) electrons. The van der Waals surface area contributed by atoms with E-state index in [0.29, 0.717) is 0 Å². The highest BCUT2D eigenvalue weighted by atomic mass is 28.2. The third-order valence-electron chi connectivity index (χ3n) is 1.25. The molecule has 0 saturated carbocycles. The summed E-state index contributed by atoms with van der Waals surface area (Å²) in [5.41, 5.74) is 1.47. The fourth-order valence-electron chi connectivity index (χ4n) is 0.828. The Morgan fingerprint density at radius 1 is 1.70 bits per heavy atom. The van der Waals surface area contributed by atoms with Gasteiger partial charge in [0.2, 0.25) is 0 Å². The van der Waals surface area contributed by atoms with Crippen molar-refractivity contribution in [3.8, 4) is 0 Å². The minimum absolute atomic E-state index is 0.806. The molecule has 0 heterocycles. The summed E-state index contributed by atoms with van der Waals surface area (Å²) < 4.78 is 0. The SMILES string of the molecule is C=CCC1=CC=CC1.N[SiH3]. The summed E-state index contributed by atoms with van der Waals surface area (Å²) in [7, 11) is 0.806. The lowest BCUT2D eigenvalue weighted by atomic mass is 10.2. The molecule has 0 saturated heterocycles. The van der Waals surface area contributed by atoms with E-state index in [2.05, 4.69) is 30.2 Å². The molecule has 56 valence electrons. The van der Waals surface area contributed by atoms with Gasteiger partial charge in [-0.2, -0.15) is 0 Å². The smallest absolute Gasteiger partial charge is 0.0716 e. The van der Waals surface area contributed by atoms with Crippen molar-refractivity contribution < 1.29 is 0 Å². The zero-order valence-electron chi connectivity index (χ0n) is 6.51. The van der Waals surface area contributed by atoms with E-state index < -0.39 is 0 Å². The second-order valence-electron chi connectivity index (χ2n) is 1.95. The molecule has 1 nitrogen and oxygen atoms in total. The topological polar surface area (TPSA) is 26.0 Å². The first-order chi connectivity index (χ1) is 4.93. The quantitative estimate of drug-likeness (QED) is 0.458. The fraction of sp³-hybridized carbons (Fsp3) is 0.250. The minimum atomic E-state index is 0.806. The first-order valence-corrected chi connectivity index (χ1v) is 4.62. The van der Waals surface area contributed by atoms with Crippen LogP contribution in [0.4, 0.5) is 0 Å². The van der Waals surface area contributed by atoms with E-state index in [1.54, 1.807) is 0 Å². The van der Waals surface area contributed by atoms with Crippen LogP contribution in [-0.2, 0) is 0 Å². The summed E-state index contributed by atoms with van der Waals surface area (Å²) >= 11 is 0. The molecular weight excluding hydrogens is 138 g/mol. The number of nitrogens with two attached hydrogens (primary N) is 1. The van der Waals surface area contributed by atoms with E-state index in [0.717, 1.165) is 23.2 Å². The van der Waals surface area contributed by atoms with Crippen LogP contribution in [0.25, 0.3) is 0 Å². The van der Waals surface area contributed by atoms with Crippen molar-refractivity contribution >= 4 is 10.4 Å². The largest absolute Gasteiger partial charge is 0.358 e. The van der Waals surface area contributed by atoms with Gasteiger partial charge in [-0.25, -0.2) is 0 Å². The predicted octanol–water partition coefficient (Wildman–Crippen LogP) is 0.674. The van der Waals surface area contributed by atoms with Crippen LogP contribution < -0.4 is 5.40 Å². The lowest BCUT2D eigenvalue weighted by Crippen LogP contribution is -1.75. The summed E-state index contributed by atoms with van der Waals surface area (Å²) in [6, 6.07) is 0. The Labute approximate surface area is 65.8 Å². The second-order valence-corrected chi connectivity index (χ2v) is 1.95. The molecule has 0 bridgehead atoms. The van der Waals surface area contributed by atoms with Gasteiger partial charge in [-0.15, -0.1) is 6.58 Å². The maximum Gasteiger partial charge on any atom is 0.0716 e. The highest BCUT2D eigenvalue weighted by Crippen LogP contribution is 2.13. The number of rotatable bonds is 2. The predicted molar refractivity (Wildman–Crippen MR) is 50.8 cm³/mol. The first kappa shape index (κ1) is 9.40. The summed E-state index contributed by atoms with van der Waals surface area (Å²) in [4.78, 5) is 0.